The fraction of sp³-hybridized carbons (Fsp3) is 0.533. The molecule has 0 saturated carbocycles. The highest BCUT2D eigenvalue weighted by molar-refractivity contribution is 14.0. The van der Waals surface area contributed by atoms with Gasteiger partial charge in [0.2, 0.25) is 0 Å². The van der Waals surface area contributed by atoms with Crippen LogP contribution in [0, 0.1) is 13.8 Å². The van der Waals surface area contributed by atoms with Gasteiger partial charge >= 0.3 is 0 Å². The van der Waals surface area contributed by atoms with Crippen LogP contribution in [0.5, 0.6) is 0 Å². The smallest absolute Gasteiger partial charge is 0.191 e. The summed E-state index contributed by atoms with van der Waals surface area (Å²) < 4.78 is 4.99. The maximum absolute atomic E-state index is 4.99. The maximum Gasteiger partial charge on any atom is 0.191 e. The number of benzene rings is 1. The maximum atomic E-state index is 4.99. The van der Waals surface area contributed by atoms with E-state index in [-0.39, 0.29) is 24.0 Å². The monoisotopic (exact) mass is 391 g/mol. The van der Waals surface area contributed by atoms with Crippen LogP contribution >= 0.6 is 24.0 Å². The van der Waals surface area contributed by atoms with E-state index in [0.717, 1.165) is 25.5 Å². The molecule has 1 rings (SSSR count). The second-order valence-corrected chi connectivity index (χ2v) is 4.60. The van der Waals surface area contributed by atoms with E-state index in [4.69, 9.17) is 4.74 Å². The molecule has 2 N–H and O–H groups in total. The Labute approximate surface area is 139 Å². The molecule has 5 heteroatoms. The first-order chi connectivity index (χ1) is 9.17. The predicted octanol–water partition coefficient (Wildman–Crippen LogP) is 2.28. The standard InChI is InChI=1S/C15H25N3O.HI/c1-12-5-6-14(13(2)11-12)7-8-17-15(16-3)18-9-10-19-4;/h5-6,11H,7-10H2,1-4H3,(H2,16,17,18);1H. The number of guanidine groups is 1. The van der Waals surface area contributed by atoms with Gasteiger partial charge in [-0.1, -0.05) is 23.8 Å². The molecule has 1 aromatic rings. The number of aryl methyl sites for hydroxylation is 2. The quantitative estimate of drug-likeness (QED) is 0.339. The van der Waals surface area contributed by atoms with Gasteiger partial charge in [-0.05, 0) is 31.4 Å². The molecular weight excluding hydrogens is 365 g/mol. The molecule has 0 aromatic heterocycles. The molecule has 114 valence electrons. The van der Waals surface area contributed by atoms with Crippen LogP contribution in [0.2, 0.25) is 0 Å². The van der Waals surface area contributed by atoms with E-state index in [1.165, 1.54) is 16.7 Å². The van der Waals surface area contributed by atoms with Gasteiger partial charge in [0.25, 0.3) is 0 Å². The average Bonchev–Trinajstić information content (AvgIpc) is 2.39. The summed E-state index contributed by atoms with van der Waals surface area (Å²) in [6.45, 7) is 6.60. The highest BCUT2D eigenvalue weighted by Gasteiger charge is 2.00. The van der Waals surface area contributed by atoms with Crippen molar-refractivity contribution in [3.05, 3.63) is 34.9 Å². The summed E-state index contributed by atoms with van der Waals surface area (Å²) in [7, 11) is 3.47. The second-order valence-electron chi connectivity index (χ2n) is 4.60. The number of aliphatic imine (C=N–C) groups is 1. The molecule has 20 heavy (non-hydrogen) atoms. The fourth-order valence-electron chi connectivity index (χ4n) is 1.93. The lowest BCUT2D eigenvalue weighted by atomic mass is 10.0. The third kappa shape index (κ3) is 7.09. The Morgan fingerprint density at radius 3 is 2.50 bits per heavy atom. The first-order valence-corrected chi connectivity index (χ1v) is 6.67. The molecule has 0 aliphatic carbocycles. The highest BCUT2D eigenvalue weighted by Crippen LogP contribution is 2.10. The van der Waals surface area contributed by atoms with Crippen molar-refractivity contribution in [3.63, 3.8) is 0 Å². The van der Waals surface area contributed by atoms with Crippen molar-refractivity contribution in [2.24, 2.45) is 4.99 Å². The van der Waals surface area contributed by atoms with Crippen molar-refractivity contribution in [3.8, 4) is 0 Å². The lowest BCUT2D eigenvalue weighted by Gasteiger charge is -2.12. The molecule has 0 amide bonds. The lowest BCUT2D eigenvalue weighted by molar-refractivity contribution is 0.203. The summed E-state index contributed by atoms with van der Waals surface area (Å²) in [6.07, 6.45) is 0.997. The summed E-state index contributed by atoms with van der Waals surface area (Å²) in [5.74, 6) is 0.821. The van der Waals surface area contributed by atoms with E-state index in [2.05, 4.69) is 47.7 Å². The van der Waals surface area contributed by atoms with Crippen molar-refractivity contribution in [2.75, 3.05) is 33.9 Å². The largest absolute Gasteiger partial charge is 0.383 e. The van der Waals surface area contributed by atoms with Crippen molar-refractivity contribution in [2.45, 2.75) is 20.3 Å². The summed E-state index contributed by atoms with van der Waals surface area (Å²) in [5, 5.41) is 6.50. The van der Waals surface area contributed by atoms with Crippen molar-refractivity contribution in [1.29, 1.82) is 0 Å². The summed E-state index contributed by atoms with van der Waals surface area (Å²) in [4.78, 5) is 4.17. The number of ether oxygens (including phenoxy) is 1. The zero-order chi connectivity index (χ0) is 14.1. The zero-order valence-electron chi connectivity index (χ0n) is 12.8. The molecule has 4 nitrogen and oxygen atoms in total. The van der Waals surface area contributed by atoms with Crippen LogP contribution in [0.4, 0.5) is 0 Å². The van der Waals surface area contributed by atoms with Crippen molar-refractivity contribution >= 4 is 29.9 Å². The van der Waals surface area contributed by atoms with Gasteiger partial charge in [-0.2, -0.15) is 0 Å². The van der Waals surface area contributed by atoms with Crippen LogP contribution in [-0.2, 0) is 11.2 Å². The summed E-state index contributed by atoms with van der Waals surface area (Å²) >= 11 is 0. The third-order valence-electron chi connectivity index (χ3n) is 3.01. The van der Waals surface area contributed by atoms with Gasteiger partial charge in [0.1, 0.15) is 0 Å². The summed E-state index contributed by atoms with van der Waals surface area (Å²) in [6, 6.07) is 6.59. The molecule has 0 atom stereocenters. The molecule has 0 heterocycles. The molecule has 0 saturated heterocycles. The first kappa shape index (κ1) is 19.2. The van der Waals surface area contributed by atoms with E-state index in [1.807, 2.05) is 0 Å². The Morgan fingerprint density at radius 1 is 1.20 bits per heavy atom. The Hall–Kier alpha value is -0.820. The Bertz CT molecular complexity index is 422. The molecule has 0 aliphatic heterocycles. The minimum absolute atomic E-state index is 0. The van der Waals surface area contributed by atoms with E-state index in [0.29, 0.717) is 6.61 Å². The Balaban J connectivity index is 0.00000361. The highest BCUT2D eigenvalue weighted by atomic mass is 127. The number of methoxy groups -OCH3 is 1. The molecule has 1 aromatic carbocycles. The predicted molar refractivity (Wildman–Crippen MR) is 96.3 cm³/mol. The van der Waals surface area contributed by atoms with Gasteiger partial charge in [-0.3, -0.25) is 4.99 Å². The first-order valence-electron chi connectivity index (χ1n) is 6.67. The van der Waals surface area contributed by atoms with Crippen LogP contribution in [0.3, 0.4) is 0 Å². The minimum atomic E-state index is 0. The molecule has 0 spiro atoms. The number of hydrogen-bond acceptors (Lipinski definition) is 2. The van der Waals surface area contributed by atoms with Crippen LogP contribution in [-0.4, -0.2) is 39.8 Å². The van der Waals surface area contributed by atoms with Gasteiger partial charge in [0.15, 0.2) is 5.96 Å². The number of halogens is 1. The number of nitrogens with one attached hydrogen (secondary N) is 2. The van der Waals surface area contributed by atoms with E-state index in [1.54, 1.807) is 14.2 Å². The van der Waals surface area contributed by atoms with E-state index < -0.39 is 0 Å². The second kappa shape index (κ2) is 10.9. The van der Waals surface area contributed by atoms with Crippen molar-refractivity contribution < 1.29 is 4.74 Å². The van der Waals surface area contributed by atoms with Crippen LogP contribution < -0.4 is 10.6 Å². The molecule has 0 fully saturated rings. The lowest BCUT2D eigenvalue weighted by Crippen LogP contribution is -2.39. The van der Waals surface area contributed by atoms with Gasteiger partial charge < -0.3 is 15.4 Å². The van der Waals surface area contributed by atoms with Gasteiger partial charge in [-0.15, -0.1) is 24.0 Å². The average molecular weight is 391 g/mol. The molecule has 0 unspecified atom stereocenters. The van der Waals surface area contributed by atoms with Gasteiger partial charge in [0.05, 0.1) is 6.61 Å². The van der Waals surface area contributed by atoms with Gasteiger partial charge in [-0.25, -0.2) is 0 Å². The topological polar surface area (TPSA) is 45.7 Å². The van der Waals surface area contributed by atoms with Crippen LogP contribution in [0.1, 0.15) is 16.7 Å². The van der Waals surface area contributed by atoms with Crippen molar-refractivity contribution in [1.82, 2.24) is 10.6 Å². The minimum Gasteiger partial charge on any atom is -0.383 e. The van der Waals surface area contributed by atoms with Gasteiger partial charge in [0, 0.05) is 27.2 Å². The molecular formula is C15H26IN3O. The molecule has 0 aliphatic rings. The summed E-state index contributed by atoms with van der Waals surface area (Å²) in [5.41, 5.74) is 4.04. The zero-order valence-corrected chi connectivity index (χ0v) is 15.2. The number of nitrogens with zero attached hydrogens (tertiary/aromatic N) is 1. The van der Waals surface area contributed by atoms with E-state index >= 15 is 0 Å². The van der Waals surface area contributed by atoms with Crippen LogP contribution in [0.25, 0.3) is 0 Å². The SMILES string of the molecule is CN=C(NCCOC)NCCc1ccc(C)cc1C.I. The number of hydrogen-bond donors (Lipinski definition) is 2. The Kier molecular flexibility index (Phi) is 10.5. The molecule has 0 radical (unpaired) electrons. The van der Waals surface area contributed by atoms with Crippen LogP contribution in [0.15, 0.2) is 23.2 Å². The number of rotatable bonds is 6. The normalized spacial score (nSPS) is 10.9. The molecule has 0 bridgehead atoms. The third-order valence-corrected chi connectivity index (χ3v) is 3.01. The Morgan fingerprint density at radius 2 is 1.90 bits per heavy atom. The fourth-order valence-corrected chi connectivity index (χ4v) is 1.93. The van der Waals surface area contributed by atoms with E-state index in [9.17, 15) is 0 Å².